The van der Waals surface area contributed by atoms with Gasteiger partial charge < -0.3 is 14.5 Å². The maximum atomic E-state index is 12.7. The summed E-state index contributed by atoms with van der Waals surface area (Å²) in [5.74, 6) is 1.70. The van der Waals surface area contributed by atoms with Crippen LogP contribution in [0.15, 0.2) is 57.8 Å². The van der Waals surface area contributed by atoms with E-state index >= 15 is 0 Å². The summed E-state index contributed by atoms with van der Waals surface area (Å²) in [6, 6.07) is 13.0. The Morgan fingerprint density at radius 3 is 2.58 bits per heavy atom. The lowest BCUT2D eigenvalue weighted by Crippen LogP contribution is -2.29. The number of aryl methyl sites for hydroxylation is 1. The number of oxazole rings is 1. The smallest absolute Gasteiger partial charge is 0.261 e. The highest BCUT2D eigenvalue weighted by Gasteiger charge is 2.23. The molecule has 33 heavy (non-hydrogen) atoms. The van der Waals surface area contributed by atoms with Crippen molar-refractivity contribution >= 4 is 21.6 Å². The number of anilines is 1. The van der Waals surface area contributed by atoms with Gasteiger partial charge in [-0.05, 0) is 62.2 Å². The van der Waals surface area contributed by atoms with Gasteiger partial charge in [-0.25, -0.2) is 13.4 Å². The second kappa shape index (κ2) is 9.66. The molecule has 2 N–H and O–H groups in total. The maximum absolute atomic E-state index is 12.7. The number of benzene rings is 2. The van der Waals surface area contributed by atoms with Gasteiger partial charge >= 0.3 is 0 Å². The molecule has 8 nitrogen and oxygen atoms in total. The second-order valence-corrected chi connectivity index (χ2v) is 9.77. The van der Waals surface area contributed by atoms with Gasteiger partial charge in [0.05, 0.1) is 18.6 Å². The molecule has 2 aromatic carbocycles. The van der Waals surface area contributed by atoms with Crippen molar-refractivity contribution in [3.8, 4) is 17.2 Å². The molecular weight excluding hydrogens is 442 g/mol. The molecule has 1 aromatic heterocycles. The van der Waals surface area contributed by atoms with Crippen LogP contribution in [0.5, 0.6) is 5.75 Å². The van der Waals surface area contributed by atoms with Gasteiger partial charge in [-0.1, -0.05) is 18.9 Å². The molecular formula is C24H27N3O5S. The lowest BCUT2D eigenvalue weighted by atomic mass is 10.1. The fourth-order valence-corrected chi connectivity index (χ4v) is 4.95. The molecule has 0 radical (unpaired) electrons. The van der Waals surface area contributed by atoms with Crippen LogP contribution in [0.3, 0.4) is 0 Å². The first kappa shape index (κ1) is 22.8. The van der Waals surface area contributed by atoms with E-state index in [1.807, 2.05) is 0 Å². The lowest BCUT2D eigenvalue weighted by Gasteiger charge is -2.09. The minimum Gasteiger partial charge on any atom is -0.497 e. The van der Waals surface area contributed by atoms with Gasteiger partial charge in [0.1, 0.15) is 17.2 Å². The number of nitrogens with zero attached hydrogens (tertiary/aromatic N) is 1. The van der Waals surface area contributed by atoms with Crippen LogP contribution in [0, 0.1) is 12.8 Å². The Hall–Kier alpha value is -3.33. The number of rotatable bonds is 8. The third kappa shape index (κ3) is 5.36. The number of aromatic nitrogens is 1. The molecule has 1 amide bonds. The molecule has 1 aliphatic rings. The van der Waals surface area contributed by atoms with Crippen molar-refractivity contribution in [1.82, 2.24) is 10.3 Å². The van der Waals surface area contributed by atoms with Gasteiger partial charge in [0.25, 0.3) is 10.0 Å². The second-order valence-electron chi connectivity index (χ2n) is 8.08. The number of carbonyl (C=O) groups excluding carboxylic acids is 1. The summed E-state index contributed by atoms with van der Waals surface area (Å²) < 4.78 is 38.9. The first-order chi connectivity index (χ1) is 15.9. The Morgan fingerprint density at radius 2 is 1.88 bits per heavy atom. The summed E-state index contributed by atoms with van der Waals surface area (Å²) in [6.07, 6.45) is 4.08. The summed E-state index contributed by atoms with van der Waals surface area (Å²) in [5.41, 5.74) is 1.66. The number of hydrogen-bond acceptors (Lipinski definition) is 6. The van der Waals surface area contributed by atoms with Crippen LogP contribution in [0.2, 0.25) is 0 Å². The molecule has 0 saturated heterocycles. The van der Waals surface area contributed by atoms with E-state index in [9.17, 15) is 13.2 Å². The van der Waals surface area contributed by atoms with Crippen molar-refractivity contribution in [3.63, 3.8) is 0 Å². The molecule has 0 unspecified atom stereocenters. The van der Waals surface area contributed by atoms with E-state index in [4.69, 9.17) is 9.15 Å². The van der Waals surface area contributed by atoms with Crippen LogP contribution in [-0.2, 0) is 21.4 Å². The fraction of sp³-hybridized carbons (Fsp3) is 0.333. The van der Waals surface area contributed by atoms with Crippen molar-refractivity contribution in [2.45, 2.75) is 44.0 Å². The Bertz CT molecular complexity index is 1230. The van der Waals surface area contributed by atoms with Gasteiger partial charge in [0.15, 0.2) is 0 Å². The normalized spacial score (nSPS) is 14.2. The number of sulfonamides is 1. The third-order valence-corrected chi connectivity index (χ3v) is 7.18. The van der Waals surface area contributed by atoms with Gasteiger partial charge in [-0.15, -0.1) is 0 Å². The Morgan fingerprint density at radius 1 is 1.15 bits per heavy atom. The van der Waals surface area contributed by atoms with Crippen molar-refractivity contribution < 1.29 is 22.4 Å². The van der Waals surface area contributed by atoms with Gasteiger partial charge in [-0.3, -0.25) is 9.52 Å². The highest BCUT2D eigenvalue weighted by molar-refractivity contribution is 7.92. The first-order valence-corrected chi connectivity index (χ1v) is 12.4. The van der Waals surface area contributed by atoms with Crippen LogP contribution in [0.1, 0.15) is 37.1 Å². The number of carbonyl (C=O) groups is 1. The van der Waals surface area contributed by atoms with Gasteiger partial charge in [0, 0.05) is 17.2 Å². The van der Waals surface area contributed by atoms with Crippen LogP contribution < -0.4 is 14.8 Å². The minimum absolute atomic E-state index is 0.0615. The number of nitrogens with one attached hydrogen (secondary N) is 2. The standard InChI is InChI=1S/C24H27N3O5S/c1-16-22(15-25-23(28)17-6-3-4-7-17)26-24(32-16)18-8-5-9-19(14-18)27-33(29,30)21-12-10-20(31-2)11-13-21/h5,8-14,17,27H,3-4,6-7,15H2,1-2H3,(H,25,28). The topological polar surface area (TPSA) is 111 Å². The number of ether oxygens (including phenoxy) is 1. The first-order valence-electron chi connectivity index (χ1n) is 10.9. The van der Waals surface area contributed by atoms with E-state index < -0.39 is 10.0 Å². The third-order valence-electron chi connectivity index (χ3n) is 5.78. The molecule has 0 aliphatic heterocycles. The van der Waals surface area contributed by atoms with Crippen molar-refractivity contribution in [2.24, 2.45) is 5.92 Å². The zero-order valence-corrected chi connectivity index (χ0v) is 19.4. The lowest BCUT2D eigenvalue weighted by molar-refractivity contribution is -0.124. The highest BCUT2D eigenvalue weighted by Crippen LogP contribution is 2.27. The van der Waals surface area contributed by atoms with Crippen LogP contribution in [-0.4, -0.2) is 26.4 Å². The summed E-state index contributed by atoms with van der Waals surface area (Å²) in [4.78, 5) is 16.9. The van der Waals surface area contributed by atoms with Gasteiger partial charge in [0.2, 0.25) is 11.8 Å². The van der Waals surface area contributed by atoms with E-state index in [1.54, 1.807) is 43.3 Å². The van der Waals surface area contributed by atoms with Gasteiger partial charge in [-0.2, -0.15) is 0 Å². The number of hydrogen-bond donors (Lipinski definition) is 2. The molecule has 3 aromatic rings. The summed E-state index contributed by atoms with van der Waals surface area (Å²) >= 11 is 0. The van der Waals surface area contributed by atoms with E-state index in [1.165, 1.54) is 19.2 Å². The Kier molecular flexibility index (Phi) is 6.69. The Labute approximate surface area is 193 Å². The van der Waals surface area contributed by atoms with Crippen molar-refractivity contribution in [1.29, 1.82) is 0 Å². The molecule has 1 fully saturated rings. The summed E-state index contributed by atoms with van der Waals surface area (Å²) in [6.45, 7) is 2.10. The Balaban J connectivity index is 1.47. The van der Waals surface area contributed by atoms with Crippen molar-refractivity contribution in [2.75, 3.05) is 11.8 Å². The predicted octanol–water partition coefficient (Wildman–Crippen LogP) is 4.27. The van der Waals surface area contributed by atoms with Crippen LogP contribution in [0.4, 0.5) is 5.69 Å². The summed E-state index contributed by atoms with van der Waals surface area (Å²) in [5, 5.41) is 2.95. The highest BCUT2D eigenvalue weighted by atomic mass is 32.2. The molecule has 9 heteroatoms. The zero-order chi connectivity index (χ0) is 23.4. The average Bonchev–Trinajstić information content (AvgIpc) is 3.48. The molecule has 174 valence electrons. The molecule has 1 aliphatic carbocycles. The largest absolute Gasteiger partial charge is 0.497 e. The minimum atomic E-state index is -3.77. The van der Waals surface area contributed by atoms with Crippen LogP contribution >= 0.6 is 0 Å². The maximum Gasteiger partial charge on any atom is 0.261 e. The molecule has 1 heterocycles. The SMILES string of the molecule is COc1ccc(S(=O)(=O)Nc2cccc(-c3nc(CNC(=O)C4CCCC4)c(C)o3)c2)cc1. The monoisotopic (exact) mass is 469 g/mol. The summed E-state index contributed by atoms with van der Waals surface area (Å²) in [7, 11) is -2.25. The molecule has 0 bridgehead atoms. The van der Waals surface area contributed by atoms with E-state index in [0.717, 1.165) is 25.7 Å². The quantitative estimate of drug-likeness (QED) is 0.510. The van der Waals surface area contributed by atoms with E-state index in [-0.39, 0.29) is 16.7 Å². The predicted molar refractivity (Wildman–Crippen MR) is 124 cm³/mol. The molecule has 4 rings (SSSR count). The zero-order valence-electron chi connectivity index (χ0n) is 18.6. The molecule has 0 atom stereocenters. The molecule has 1 saturated carbocycles. The van der Waals surface area contributed by atoms with E-state index in [2.05, 4.69) is 15.0 Å². The number of methoxy groups -OCH3 is 1. The number of amides is 1. The van der Waals surface area contributed by atoms with E-state index in [0.29, 0.717) is 40.9 Å². The molecule has 0 spiro atoms. The fourth-order valence-electron chi connectivity index (χ4n) is 3.90. The van der Waals surface area contributed by atoms with Crippen molar-refractivity contribution in [3.05, 3.63) is 60.0 Å². The average molecular weight is 470 g/mol. The van der Waals surface area contributed by atoms with Crippen LogP contribution in [0.25, 0.3) is 11.5 Å².